The molecule has 1 nitrogen and oxygen atoms in total. The van der Waals surface area contributed by atoms with E-state index < -0.39 is 0 Å². The van der Waals surface area contributed by atoms with E-state index in [0.29, 0.717) is 0 Å². The summed E-state index contributed by atoms with van der Waals surface area (Å²) in [6.07, 6.45) is 9.72. The molecule has 3 rings (SSSR count). The second-order valence-electron chi connectivity index (χ2n) is 6.72. The zero-order chi connectivity index (χ0) is 13.9. The molecule has 0 heterocycles. The molecule has 2 heteroatoms. The predicted molar refractivity (Wildman–Crippen MR) is 89.1 cm³/mol. The number of nitrogens with one attached hydrogen (secondary N) is 1. The van der Waals surface area contributed by atoms with E-state index in [1.807, 2.05) is 0 Å². The fraction of sp³-hybridized carbons (Fsp3) is 0.667. The Morgan fingerprint density at radius 3 is 2.50 bits per heavy atom. The molecule has 2 aliphatic rings. The zero-order valence-electron chi connectivity index (χ0n) is 12.4. The van der Waals surface area contributed by atoms with Crippen LogP contribution in [0.2, 0.25) is 0 Å². The van der Waals surface area contributed by atoms with Gasteiger partial charge in [-0.05, 0) is 55.2 Å². The highest BCUT2D eigenvalue weighted by Crippen LogP contribution is 2.38. The number of hydrogen-bond acceptors (Lipinski definition) is 1. The molecule has 1 N–H and O–H groups in total. The number of benzene rings is 1. The summed E-state index contributed by atoms with van der Waals surface area (Å²) in [5, 5.41) is 3.92. The zero-order valence-corrected chi connectivity index (χ0v) is 14.0. The van der Waals surface area contributed by atoms with Crippen LogP contribution in [0.5, 0.6) is 0 Å². The first-order chi connectivity index (χ1) is 9.74. The van der Waals surface area contributed by atoms with Crippen LogP contribution in [0.1, 0.15) is 63.4 Å². The Balaban J connectivity index is 1.45. The maximum absolute atomic E-state index is 3.92. The largest absolute Gasteiger partial charge is 0.311 e. The van der Waals surface area contributed by atoms with Crippen LogP contribution >= 0.6 is 15.9 Å². The molecule has 2 atom stereocenters. The summed E-state index contributed by atoms with van der Waals surface area (Å²) in [6, 6.07) is 10.5. The van der Waals surface area contributed by atoms with Crippen LogP contribution in [0.15, 0.2) is 28.7 Å². The molecule has 20 heavy (non-hydrogen) atoms. The first-order valence-electron chi connectivity index (χ1n) is 8.26. The first kappa shape index (κ1) is 14.6. The van der Waals surface area contributed by atoms with Gasteiger partial charge in [-0.1, -0.05) is 54.2 Å². The Morgan fingerprint density at radius 2 is 1.80 bits per heavy atom. The maximum atomic E-state index is 3.92. The first-order valence-corrected chi connectivity index (χ1v) is 9.05. The second kappa shape index (κ2) is 6.62. The third kappa shape index (κ3) is 3.46. The standard InChI is InChI=1S/C18H26BrN/c1-2-13-4-3-5-17(10-13)20-18-11-15(12-18)14-6-8-16(19)9-7-14/h6-9,13,15,17-18,20H,2-5,10-12H2,1H3. The lowest BCUT2D eigenvalue weighted by Crippen LogP contribution is -2.47. The minimum Gasteiger partial charge on any atom is -0.311 e. The van der Waals surface area contributed by atoms with Gasteiger partial charge in [0, 0.05) is 16.6 Å². The van der Waals surface area contributed by atoms with E-state index in [9.17, 15) is 0 Å². The number of halogens is 1. The fourth-order valence-corrected chi connectivity index (χ4v) is 4.17. The highest BCUT2D eigenvalue weighted by Gasteiger charge is 2.32. The molecule has 0 saturated heterocycles. The molecule has 1 aromatic rings. The highest BCUT2D eigenvalue weighted by molar-refractivity contribution is 9.10. The minimum absolute atomic E-state index is 0.768. The summed E-state index contributed by atoms with van der Waals surface area (Å²) >= 11 is 3.51. The third-order valence-electron chi connectivity index (χ3n) is 5.31. The lowest BCUT2D eigenvalue weighted by molar-refractivity contribution is 0.209. The van der Waals surface area contributed by atoms with Gasteiger partial charge in [0.25, 0.3) is 0 Å². The van der Waals surface area contributed by atoms with Crippen molar-refractivity contribution < 1.29 is 0 Å². The van der Waals surface area contributed by atoms with Crippen LogP contribution in [-0.2, 0) is 0 Å². The van der Waals surface area contributed by atoms with Gasteiger partial charge in [0.05, 0.1) is 0 Å². The van der Waals surface area contributed by atoms with Gasteiger partial charge >= 0.3 is 0 Å². The minimum atomic E-state index is 0.768. The Bertz CT molecular complexity index is 422. The monoisotopic (exact) mass is 335 g/mol. The van der Waals surface area contributed by atoms with Crippen molar-refractivity contribution in [3.05, 3.63) is 34.3 Å². The predicted octanol–water partition coefficient (Wildman–Crippen LogP) is 5.25. The van der Waals surface area contributed by atoms with Gasteiger partial charge in [-0.3, -0.25) is 0 Å². The van der Waals surface area contributed by atoms with Gasteiger partial charge in [-0.2, -0.15) is 0 Å². The van der Waals surface area contributed by atoms with Crippen LogP contribution in [0.25, 0.3) is 0 Å². The number of hydrogen-bond donors (Lipinski definition) is 1. The Morgan fingerprint density at radius 1 is 1.05 bits per heavy atom. The van der Waals surface area contributed by atoms with E-state index in [2.05, 4.69) is 52.4 Å². The summed E-state index contributed by atoms with van der Waals surface area (Å²) in [7, 11) is 0. The number of rotatable bonds is 4. The Kier molecular flexibility index (Phi) is 4.83. The lowest BCUT2D eigenvalue weighted by atomic mass is 9.74. The van der Waals surface area contributed by atoms with Crippen LogP contribution < -0.4 is 5.32 Å². The van der Waals surface area contributed by atoms with Gasteiger partial charge < -0.3 is 5.32 Å². The van der Waals surface area contributed by atoms with E-state index in [1.165, 1.54) is 55.0 Å². The second-order valence-corrected chi connectivity index (χ2v) is 7.64. The van der Waals surface area contributed by atoms with Crippen LogP contribution in [0.3, 0.4) is 0 Å². The molecule has 0 amide bonds. The quantitative estimate of drug-likeness (QED) is 0.791. The van der Waals surface area contributed by atoms with E-state index >= 15 is 0 Å². The van der Waals surface area contributed by atoms with Gasteiger partial charge in [0.1, 0.15) is 0 Å². The normalized spacial score (nSPS) is 33.7. The Labute approximate surface area is 131 Å². The van der Waals surface area contributed by atoms with Crippen LogP contribution in [-0.4, -0.2) is 12.1 Å². The van der Waals surface area contributed by atoms with Crippen molar-refractivity contribution in [3.63, 3.8) is 0 Å². The van der Waals surface area contributed by atoms with Crippen LogP contribution in [0, 0.1) is 5.92 Å². The molecule has 0 aliphatic heterocycles. The molecule has 0 radical (unpaired) electrons. The molecular formula is C18H26BrN. The molecule has 0 bridgehead atoms. The van der Waals surface area contributed by atoms with Crippen molar-refractivity contribution in [2.24, 2.45) is 5.92 Å². The molecular weight excluding hydrogens is 310 g/mol. The molecule has 2 unspecified atom stereocenters. The van der Waals surface area contributed by atoms with E-state index in [0.717, 1.165) is 23.9 Å². The van der Waals surface area contributed by atoms with Gasteiger partial charge in [0.2, 0.25) is 0 Å². The summed E-state index contributed by atoms with van der Waals surface area (Å²) in [4.78, 5) is 0. The summed E-state index contributed by atoms with van der Waals surface area (Å²) in [5.41, 5.74) is 1.52. The summed E-state index contributed by atoms with van der Waals surface area (Å²) < 4.78 is 1.18. The van der Waals surface area contributed by atoms with Crippen molar-refractivity contribution in [3.8, 4) is 0 Å². The van der Waals surface area contributed by atoms with E-state index in [4.69, 9.17) is 0 Å². The van der Waals surface area contributed by atoms with Gasteiger partial charge in [-0.15, -0.1) is 0 Å². The summed E-state index contributed by atoms with van der Waals surface area (Å²) in [5.74, 6) is 1.76. The van der Waals surface area contributed by atoms with Crippen molar-refractivity contribution in [2.45, 2.75) is 69.9 Å². The third-order valence-corrected chi connectivity index (χ3v) is 5.84. The van der Waals surface area contributed by atoms with Crippen LogP contribution in [0.4, 0.5) is 0 Å². The maximum Gasteiger partial charge on any atom is 0.0175 e. The molecule has 2 fully saturated rings. The average Bonchev–Trinajstić information content (AvgIpc) is 2.44. The molecule has 1 aromatic carbocycles. The molecule has 0 aromatic heterocycles. The van der Waals surface area contributed by atoms with Crippen molar-refractivity contribution in [1.82, 2.24) is 5.32 Å². The van der Waals surface area contributed by atoms with Gasteiger partial charge in [0.15, 0.2) is 0 Å². The molecule has 110 valence electrons. The Hall–Kier alpha value is -0.340. The van der Waals surface area contributed by atoms with Crippen molar-refractivity contribution >= 4 is 15.9 Å². The average molecular weight is 336 g/mol. The highest BCUT2D eigenvalue weighted by atomic mass is 79.9. The van der Waals surface area contributed by atoms with Gasteiger partial charge in [-0.25, -0.2) is 0 Å². The SMILES string of the molecule is CCC1CCCC(NC2CC(c3ccc(Br)cc3)C2)C1. The van der Waals surface area contributed by atoms with Crippen molar-refractivity contribution in [1.29, 1.82) is 0 Å². The lowest BCUT2D eigenvalue weighted by Gasteiger charge is -2.41. The van der Waals surface area contributed by atoms with E-state index in [-0.39, 0.29) is 0 Å². The topological polar surface area (TPSA) is 12.0 Å². The smallest absolute Gasteiger partial charge is 0.0175 e. The fourth-order valence-electron chi connectivity index (χ4n) is 3.91. The summed E-state index contributed by atoms with van der Waals surface area (Å²) in [6.45, 7) is 2.35. The molecule has 2 saturated carbocycles. The van der Waals surface area contributed by atoms with E-state index in [1.54, 1.807) is 0 Å². The van der Waals surface area contributed by atoms with Crippen molar-refractivity contribution in [2.75, 3.05) is 0 Å². The molecule has 2 aliphatic carbocycles. The molecule has 0 spiro atoms.